The Bertz CT molecular complexity index is 344. The Balaban J connectivity index is 3.38. The van der Waals surface area contributed by atoms with Crippen LogP contribution in [0.4, 0.5) is 8.78 Å². The standard InChI is InChI=1S/C7H3F2I2NO/c8-7(9)6-3(2-13)5(11)4(10)1-12-6/h1-2,7H. The summed E-state index contributed by atoms with van der Waals surface area (Å²) in [6, 6.07) is 0. The van der Waals surface area contributed by atoms with Crippen LogP contribution in [0.15, 0.2) is 6.20 Å². The van der Waals surface area contributed by atoms with Crippen molar-refractivity contribution < 1.29 is 13.6 Å². The molecule has 1 aromatic rings. The van der Waals surface area contributed by atoms with Crippen molar-refractivity contribution in [3.8, 4) is 0 Å². The van der Waals surface area contributed by atoms with Crippen LogP contribution in [0.1, 0.15) is 22.5 Å². The van der Waals surface area contributed by atoms with Crippen molar-refractivity contribution in [2.45, 2.75) is 6.43 Å². The fourth-order valence-electron chi connectivity index (χ4n) is 0.780. The summed E-state index contributed by atoms with van der Waals surface area (Å²) in [4.78, 5) is 14.0. The van der Waals surface area contributed by atoms with E-state index in [0.29, 0.717) is 13.4 Å². The Morgan fingerprint density at radius 2 is 2.08 bits per heavy atom. The molecule has 0 saturated heterocycles. The summed E-state index contributed by atoms with van der Waals surface area (Å²) < 4.78 is 25.8. The zero-order valence-electron chi connectivity index (χ0n) is 6.10. The van der Waals surface area contributed by atoms with E-state index in [1.165, 1.54) is 6.20 Å². The van der Waals surface area contributed by atoms with Gasteiger partial charge in [-0.3, -0.25) is 9.78 Å². The third kappa shape index (κ3) is 2.33. The van der Waals surface area contributed by atoms with Gasteiger partial charge in [0.25, 0.3) is 6.43 Å². The zero-order chi connectivity index (χ0) is 10.0. The number of pyridine rings is 1. The number of alkyl halides is 2. The van der Waals surface area contributed by atoms with Crippen molar-refractivity contribution in [2.24, 2.45) is 0 Å². The summed E-state index contributed by atoms with van der Waals surface area (Å²) in [5.41, 5.74) is -0.456. The van der Waals surface area contributed by atoms with Gasteiger partial charge in [0.1, 0.15) is 5.69 Å². The third-order valence-electron chi connectivity index (χ3n) is 1.36. The van der Waals surface area contributed by atoms with E-state index in [1.807, 2.05) is 45.2 Å². The van der Waals surface area contributed by atoms with Gasteiger partial charge in [-0.1, -0.05) is 0 Å². The van der Waals surface area contributed by atoms with E-state index >= 15 is 0 Å². The molecular formula is C7H3F2I2NO. The minimum atomic E-state index is -2.70. The molecule has 0 aliphatic carbocycles. The highest BCUT2D eigenvalue weighted by atomic mass is 127. The molecule has 0 amide bonds. The Labute approximate surface area is 100 Å². The number of nitrogens with zero attached hydrogens (tertiary/aromatic N) is 1. The molecular weight excluding hydrogens is 406 g/mol. The molecule has 13 heavy (non-hydrogen) atoms. The Kier molecular flexibility index (Phi) is 3.95. The van der Waals surface area contributed by atoms with E-state index in [0.717, 1.165) is 0 Å². The van der Waals surface area contributed by atoms with Crippen LogP contribution >= 0.6 is 45.2 Å². The van der Waals surface area contributed by atoms with Crippen LogP contribution in [-0.2, 0) is 0 Å². The van der Waals surface area contributed by atoms with E-state index in [2.05, 4.69) is 4.98 Å². The smallest absolute Gasteiger partial charge is 0.281 e. The number of halogens is 4. The second-order valence-corrected chi connectivity index (χ2v) is 4.38. The summed E-state index contributed by atoms with van der Waals surface area (Å²) in [5.74, 6) is 0. The maximum atomic E-state index is 12.3. The molecule has 70 valence electrons. The molecule has 0 aromatic carbocycles. The maximum absolute atomic E-state index is 12.3. The van der Waals surface area contributed by atoms with Crippen molar-refractivity contribution in [2.75, 3.05) is 0 Å². The van der Waals surface area contributed by atoms with Crippen LogP contribution in [0.3, 0.4) is 0 Å². The average Bonchev–Trinajstić information content (AvgIpc) is 2.09. The molecule has 0 atom stereocenters. The molecule has 0 radical (unpaired) electrons. The van der Waals surface area contributed by atoms with Crippen LogP contribution in [0, 0.1) is 7.14 Å². The highest BCUT2D eigenvalue weighted by molar-refractivity contribution is 14.1. The summed E-state index contributed by atoms with van der Waals surface area (Å²) in [6.45, 7) is 0. The number of aromatic nitrogens is 1. The Hall–Kier alpha value is 0.140. The van der Waals surface area contributed by atoms with Crippen molar-refractivity contribution in [1.29, 1.82) is 0 Å². The van der Waals surface area contributed by atoms with Crippen molar-refractivity contribution in [3.63, 3.8) is 0 Å². The van der Waals surface area contributed by atoms with Crippen molar-refractivity contribution in [3.05, 3.63) is 24.6 Å². The van der Waals surface area contributed by atoms with Crippen LogP contribution in [0.5, 0.6) is 0 Å². The summed E-state index contributed by atoms with van der Waals surface area (Å²) in [5, 5.41) is 0. The second kappa shape index (κ2) is 4.58. The molecule has 0 N–H and O–H groups in total. The summed E-state index contributed by atoms with van der Waals surface area (Å²) in [6.07, 6.45) is -0.958. The van der Waals surface area contributed by atoms with Crippen molar-refractivity contribution in [1.82, 2.24) is 4.98 Å². The van der Waals surface area contributed by atoms with E-state index in [-0.39, 0.29) is 5.56 Å². The first-order valence-electron chi connectivity index (χ1n) is 3.15. The van der Waals surface area contributed by atoms with Crippen LogP contribution in [0.2, 0.25) is 0 Å². The van der Waals surface area contributed by atoms with Gasteiger partial charge < -0.3 is 0 Å². The third-order valence-corrected chi connectivity index (χ3v) is 4.38. The minimum Gasteiger partial charge on any atom is -0.298 e. The lowest BCUT2D eigenvalue weighted by Crippen LogP contribution is -2.02. The van der Waals surface area contributed by atoms with E-state index < -0.39 is 12.1 Å². The van der Waals surface area contributed by atoms with Gasteiger partial charge in [0.15, 0.2) is 6.29 Å². The molecule has 6 heteroatoms. The molecule has 0 aliphatic rings. The highest BCUT2D eigenvalue weighted by Crippen LogP contribution is 2.25. The lowest BCUT2D eigenvalue weighted by atomic mass is 10.2. The first-order valence-corrected chi connectivity index (χ1v) is 5.31. The number of aldehydes is 1. The maximum Gasteiger partial charge on any atom is 0.281 e. The predicted octanol–water partition coefficient (Wildman–Crippen LogP) is 3.04. The zero-order valence-corrected chi connectivity index (χ0v) is 10.4. The lowest BCUT2D eigenvalue weighted by molar-refractivity contribution is 0.110. The molecule has 0 fully saturated rings. The van der Waals surface area contributed by atoms with E-state index in [4.69, 9.17) is 0 Å². The molecule has 0 spiro atoms. The average molecular weight is 409 g/mol. The monoisotopic (exact) mass is 409 g/mol. The van der Waals surface area contributed by atoms with Gasteiger partial charge in [-0.15, -0.1) is 0 Å². The number of hydrogen-bond donors (Lipinski definition) is 0. The molecule has 0 saturated carbocycles. The SMILES string of the molecule is O=Cc1c(C(F)F)ncc(I)c1I. The fraction of sp³-hybridized carbons (Fsp3) is 0.143. The second-order valence-electron chi connectivity index (χ2n) is 2.14. The van der Waals surface area contributed by atoms with Crippen molar-refractivity contribution >= 4 is 51.5 Å². The number of carbonyl (C=O) groups excluding carboxylic acids is 1. The molecule has 2 nitrogen and oxygen atoms in total. The van der Waals surface area contributed by atoms with Gasteiger partial charge in [-0.2, -0.15) is 0 Å². The first-order chi connectivity index (χ1) is 6.07. The van der Waals surface area contributed by atoms with Gasteiger partial charge in [0, 0.05) is 13.3 Å². The summed E-state index contributed by atoms with van der Waals surface area (Å²) >= 11 is 3.79. The van der Waals surface area contributed by atoms with Gasteiger partial charge in [-0.05, 0) is 45.2 Å². The van der Waals surface area contributed by atoms with Gasteiger partial charge in [-0.25, -0.2) is 8.78 Å². The molecule has 0 aliphatic heterocycles. The van der Waals surface area contributed by atoms with Crippen LogP contribution in [-0.4, -0.2) is 11.3 Å². The van der Waals surface area contributed by atoms with Gasteiger partial charge >= 0.3 is 0 Å². The normalized spacial score (nSPS) is 10.5. The highest BCUT2D eigenvalue weighted by Gasteiger charge is 2.18. The molecule has 0 unspecified atom stereocenters. The van der Waals surface area contributed by atoms with Gasteiger partial charge in [0.05, 0.1) is 5.56 Å². The van der Waals surface area contributed by atoms with Gasteiger partial charge in [0.2, 0.25) is 0 Å². The number of carbonyl (C=O) groups is 1. The Morgan fingerprint density at radius 1 is 1.46 bits per heavy atom. The minimum absolute atomic E-state index is 0.0116. The quantitative estimate of drug-likeness (QED) is 0.556. The lowest BCUT2D eigenvalue weighted by Gasteiger charge is -2.05. The molecule has 1 rings (SSSR count). The topological polar surface area (TPSA) is 30.0 Å². The number of hydrogen-bond acceptors (Lipinski definition) is 2. The number of rotatable bonds is 2. The molecule has 0 bridgehead atoms. The Morgan fingerprint density at radius 3 is 2.54 bits per heavy atom. The van der Waals surface area contributed by atoms with E-state index in [1.54, 1.807) is 0 Å². The van der Waals surface area contributed by atoms with E-state index in [9.17, 15) is 13.6 Å². The fourth-order valence-corrected chi connectivity index (χ4v) is 1.75. The largest absolute Gasteiger partial charge is 0.298 e. The molecule has 1 heterocycles. The first kappa shape index (κ1) is 11.2. The summed E-state index contributed by atoms with van der Waals surface area (Å²) in [7, 11) is 0. The predicted molar refractivity (Wildman–Crippen MR) is 60.0 cm³/mol. The van der Waals surface area contributed by atoms with Crippen LogP contribution in [0.25, 0.3) is 0 Å². The van der Waals surface area contributed by atoms with Crippen LogP contribution < -0.4 is 0 Å². The molecule has 1 aromatic heterocycles.